The third-order valence-electron chi connectivity index (χ3n) is 2.58. The molecule has 0 fully saturated rings. The molecular formula is C12H14F2N2O4S. The fraction of sp³-hybridized carbons (Fsp3) is 0.417. The monoisotopic (exact) mass is 320 g/mol. The highest BCUT2D eigenvalue weighted by atomic mass is 32.2. The fourth-order valence-electron chi connectivity index (χ4n) is 1.61. The molecule has 0 radical (unpaired) electrons. The number of benzene rings is 1. The minimum Gasteiger partial charge on any atom is -0.387 e. The molecule has 0 aliphatic rings. The van der Waals surface area contributed by atoms with Gasteiger partial charge in [-0.25, -0.2) is 4.39 Å². The molecule has 0 saturated carbocycles. The van der Waals surface area contributed by atoms with E-state index in [9.17, 15) is 28.8 Å². The van der Waals surface area contributed by atoms with Crippen LogP contribution in [0.4, 0.5) is 14.5 Å². The normalized spacial score (nSPS) is 13.6. The van der Waals surface area contributed by atoms with Gasteiger partial charge in [0.05, 0.1) is 10.5 Å². The third-order valence-corrected chi connectivity index (χ3v) is 3.49. The number of nitrogens with one attached hydrogen (secondary N) is 1. The van der Waals surface area contributed by atoms with Crippen LogP contribution in [0, 0.1) is 21.7 Å². The maximum atomic E-state index is 13.8. The lowest BCUT2D eigenvalue weighted by molar-refractivity contribution is -0.387. The standard InChI is InChI=1S/C12H14F2N2O4S/c1-12(18,6-21-2)5-15-11(17)9-7(13)3-4-8(10(9)14)16(19)20/h3-4,18H,5-6H2,1-2H3,(H,15,17). The van der Waals surface area contributed by atoms with Gasteiger partial charge in [-0.05, 0) is 19.2 Å². The van der Waals surface area contributed by atoms with E-state index in [1.54, 1.807) is 6.26 Å². The first-order chi connectivity index (χ1) is 9.69. The van der Waals surface area contributed by atoms with E-state index in [0.29, 0.717) is 17.9 Å². The molecule has 0 aliphatic carbocycles. The molecule has 1 aromatic rings. The largest absolute Gasteiger partial charge is 0.387 e. The van der Waals surface area contributed by atoms with Gasteiger partial charge in [0.15, 0.2) is 0 Å². The van der Waals surface area contributed by atoms with Gasteiger partial charge in [-0.15, -0.1) is 0 Å². The van der Waals surface area contributed by atoms with Gasteiger partial charge in [-0.2, -0.15) is 16.2 Å². The molecule has 1 aromatic carbocycles. The van der Waals surface area contributed by atoms with E-state index in [1.165, 1.54) is 18.7 Å². The average molecular weight is 320 g/mol. The van der Waals surface area contributed by atoms with Crippen LogP contribution in [-0.2, 0) is 0 Å². The molecule has 0 bridgehead atoms. The Bertz CT molecular complexity index is 566. The molecule has 1 atom stereocenters. The van der Waals surface area contributed by atoms with E-state index in [-0.39, 0.29) is 6.54 Å². The first-order valence-corrected chi connectivity index (χ1v) is 7.21. The molecule has 0 aliphatic heterocycles. The van der Waals surface area contributed by atoms with Crippen LogP contribution in [0.2, 0.25) is 0 Å². The maximum Gasteiger partial charge on any atom is 0.305 e. The summed E-state index contributed by atoms with van der Waals surface area (Å²) in [6.07, 6.45) is 1.75. The zero-order valence-electron chi connectivity index (χ0n) is 11.4. The maximum absolute atomic E-state index is 13.8. The van der Waals surface area contributed by atoms with Crippen LogP contribution in [0.5, 0.6) is 0 Å². The molecule has 1 unspecified atom stereocenters. The first-order valence-electron chi connectivity index (χ1n) is 5.81. The average Bonchev–Trinajstić information content (AvgIpc) is 2.36. The van der Waals surface area contributed by atoms with Crippen LogP contribution in [0.3, 0.4) is 0 Å². The number of hydrogen-bond acceptors (Lipinski definition) is 5. The van der Waals surface area contributed by atoms with Gasteiger partial charge in [0.1, 0.15) is 11.4 Å². The van der Waals surface area contributed by atoms with Crippen molar-refractivity contribution in [3.63, 3.8) is 0 Å². The quantitative estimate of drug-likeness (QED) is 0.615. The number of carbonyl (C=O) groups is 1. The molecule has 21 heavy (non-hydrogen) atoms. The highest BCUT2D eigenvalue weighted by Crippen LogP contribution is 2.23. The summed E-state index contributed by atoms with van der Waals surface area (Å²) in [7, 11) is 0. The van der Waals surface area contributed by atoms with Crippen LogP contribution in [0.25, 0.3) is 0 Å². The smallest absolute Gasteiger partial charge is 0.305 e. The van der Waals surface area contributed by atoms with Gasteiger partial charge in [0.2, 0.25) is 5.82 Å². The lowest BCUT2D eigenvalue weighted by Crippen LogP contribution is -2.42. The molecule has 0 heterocycles. The van der Waals surface area contributed by atoms with Gasteiger partial charge in [0.25, 0.3) is 5.91 Å². The molecule has 0 aromatic heterocycles. The molecule has 116 valence electrons. The molecule has 2 N–H and O–H groups in total. The van der Waals surface area contributed by atoms with Gasteiger partial charge >= 0.3 is 5.69 Å². The Morgan fingerprint density at radius 1 is 1.52 bits per heavy atom. The van der Waals surface area contributed by atoms with Crippen molar-refractivity contribution in [1.29, 1.82) is 0 Å². The summed E-state index contributed by atoms with van der Waals surface area (Å²) in [6, 6.07) is 1.29. The summed E-state index contributed by atoms with van der Waals surface area (Å²) in [5, 5.41) is 22.6. The molecular weight excluding hydrogens is 306 g/mol. The van der Waals surface area contributed by atoms with Crippen molar-refractivity contribution < 1.29 is 23.6 Å². The number of amides is 1. The van der Waals surface area contributed by atoms with Crippen LogP contribution in [0.15, 0.2) is 12.1 Å². The highest BCUT2D eigenvalue weighted by Gasteiger charge is 2.28. The lowest BCUT2D eigenvalue weighted by atomic mass is 10.1. The number of nitro groups is 1. The van der Waals surface area contributed by atoms with Crippen LogP contribution in [0.1, 0.15) is 17.3 Å². The Morgan fingerprint density at radius 2 is 2.14 bits per heavy atom. The number of nitrogens with zero attached hydrogens (tertiary/aromatic N) is 1. The molecule has 9 heteroatoms. The molecule has 6 nitrogen and oxygen atoms in total. The fourth-order valence-corrected chi connectivity index (χ4v) is 2.34. The van der Waals surface area contributed by atoms with Crippen molar-refractivity contribution >= 4 is 23.4 Å². The third kappa shape index (κ3) is 4.36. The van der Waals surface area contributed by atoms with Gasteiger partial charge in [0, 0.05) is 18.4 Å². The number of nitro benzene ring substituents is 1. The predicted octanol–water partition coefficient (Wildman–Crippen LogP) is 1.72. The van der Waals surface area contributed by atoms with Crippen molar-refractivity contribution in [3.05, 3.63) is 39.4 Å². The highest BCUT2D eigenvalue weighted by molar-refractivity contribution is 7.98. The summed E-state index contributed by atoms with van der Waals surface area (Å²) >= 11 is 1.33. The van der Waals surface area contributed by atoms with Crippen molar-refractivity contribution in [2.75, 3.05) is 18.6 Å². The second-order valence-corrected chi connectivity index (χ2v) is 5.49. The molecule has 0 saturated heterocycles. The number of halogens is 2. The van der Waals surface area contributed by atoms with Gasteiger partial charge in [-0.3, -0.25) is 14.9 Å². The number of thioether (sulfide) groups is 1. The van der Waals surface area contributed by atoms with E-state index in [4.69, 9.17) is 0 Å². The zero-order chi connectivity index (χ0) is 16.2. The van der Waals surface area contributed by atoms with E-state index >= 15 is 0 Å². The summed E-state index contributed by atoms with van der Waals surface area (Å²) < 4.78 is 27.3. The van der Waals surface area contributed by atoms with Gasteiger partial charge < -0.3 is 10.4 Å². The Kier molecular flexibility index (Phi) is 5.62. The molecule has 1 rings (SSSR count). The molecule has 0 spiro atoms. The van der Waals surface area contributed by atoms with E-state index < -0.39 is 39.3 Å². The number of hydrogen-bond donors (Lipinski definition) is 2. The van der Waals surface area contributed by atoms with Crippen molar-refractivity contribution in [2.45, 2.75) is 12.5 Å². The Hall–Kier alpha value is -1.74. The SMILES string of the molecule is CSCC(C)(O)CNC(=O)c1c(F)ccc([N+](=O)[O-])c1F. The Labute approximate surface area is 123 Å². The predicted molar refractivity (Wildman–Crippen MR) is 74.4 cm³/mol. The number of aliphatic hydroxyl groups is 1. The van der Waals surface area contributed by atoms with Crippen molar-refractivity contribution in [2.24, 2.45) is 0 Å². The van der Waals surface area contributed by atoms with E-state index in [1.807, 2.05) is 0 Å². The Balaban J connectivity index is 2.98. The second-order valence-electron chi connectivity index (χ2n) is 4.63. The summed E-state index contributed by atoms with van der Waals surface area (Å²) in [5.41, 5.74) is -3.29. The lowest BCUT2D eigenvalue weighted by Gasteiger charge is -2.22. The minimum absolute atomic E-state index is 0.242. The van der Waals surface area contributed by atoms with Crippen molar-refractivity contribution in [1.82, 2.24) is 5.32 Å². The van der Waals surface area contributed by atoms with E-state index in [2.05, 4.69) is 5.32 Å². The van der Waals surface area contributed by atoms with Crippen LogP contribution in [-0.4, -0.2) is 40.1 Å². The second kappa shape index (κ2) is 6.81. The summed E-state index contributed by atoms with van der Waals surface area (Å²) in [4.78, 5) is 21.3. The molecule has 1 amide bonds. The number of carbonyl (C=O) groups excluding carboxylic acids is 1. The Morgan fingerprint density at radius 3 is 2.67 bits per heavy atom. The topological polar surface area (TPSA) is 92.5 Å². The van der Waals surface area contributed by atoms with Crippen LogP contribution >= 0.6 is 11.8 Å². The van der Waals surface area contributed by atoms with Crippen LogP contribution < -0.4 is 5.32 Å². The minimum atomic E-state index is -1.54. The van der Waals surface area contributed by atoms with Gasteiger partial charge in [-0.1, -0.05) is 0 Å². The zero-order valence-corrected chi connectivity index (χ0v) is 12.2. The summed E-state index contributed by atoms with van der Waals surface area (Å²) in [5.74, 6) is -3.61. The summed E-state index contributed by atoms with van der Waals surface area (Å²) in [6.45, 7) is 1.21. The first kappa shape index (κ1) is 17.3. The van der Waals surface area contributed by atoms with E-state index in [0.717, 1.165) is 0 Å². The van der Waals surface area contributed by atoms with Crippen molar-refractivity contribution in [3.8, 4) is 0 Å². The number of rotatable bonds is 6.